The molecule has 0 radical (unpaired) electrons. The Kier molecular flexibility index (Phi) is 4.19. The zero-order valence-electron chi connectivity index (χ0n) is 10.6. The van der Waals surface area contributed by atoms with Crippen molar-refractivity contribution in [1.29, 1.82) is 0 Å². The lowest BCUT2D eigenvalue weighted by Gasteiger charge is -2.22. The highest BCUT2D eigenvalue weighted by molar-refractivity contribution is 6.33. The fourth-order valence-corrected chi connectivity index (χ4v) is 2.32. The number of carbonyl (C=O) groups is 1. The van der Waals surface area contributed by atoms with Crippen LogP contribution in [0.4, 0.5) is 0 Å². The number of rotatable bonds is 1. The quantitative estimate of drug-likeness (QED) is 0.785. The summed E-state index contributed by atoms with van der Waals surface area (Å²) in [6.45, 7) is 5.82. The topological polar surface area (TPSA) is 42.4 Å². The van der Waals surface area contributed by atoms with Crippen molar-refractivity contribution in [3.05, 3.63) is 28.5 Å². The van der Waals surface area contributed by atoms with Crippen molar-refractivity contribution in [2.75, 3.05) is 19.7 Å². The minimum atomic E-state index is -0.0650. The van der Waals surface area contributed by atoms with Crippen molar-refractivity contribution >= 4 is 17.5 Å². The molecule has 98 valence electrons. The van der Waals surface area contributed by atoms with Crippen molar-refractivity contribution in [1.82, 2.24) is 9.88 Å². The summed E-state index contributed by atoms with van der Waals surface area (Å²) in [7, 11) is 0. The fourth-order valence-electron chi connectivity index (χ4n) is 2.03. The van der Waals surface area contributed by atoms with E-state index in [4.69, 9.17) is 16.3 Å². The maximum absolute atomic E-state index is 12.4. The molecule has 5 heteroatoms. The highest BCUT2D eigenvalue weighted by atomic mass is 35.5. The van der Waals surface area contributed by atoms with Gasteiger partial charge in [-0.3, -0.25) is 9.78 Å². The van der Waals surface area contributed by atoms with Gasteiger partial charge in [-0.25, -0.2) is 0 Å². The maximum atomic E-state index is 12.4. The number of aryl methyl sites for hydroxylation is 1. The van der Waals surface area contributed by atoms with E-state index < -0.39 is 0 Å². The van der Waals surface area contributed by atoms with Crippen LogP contribution in [0.2, 0.25) is 5.02 Å². The van der Waals surface area contributed by atoms with Crippen LogP contribution in [0.3, 0.4) is 0 Å². The van der Waals surface area contributed by atoms with Crippen LogP contribution in [0.25, 0.3) is 0 Å². The first kappa shape index (κ1) is 13.3. The van der Waals surface area contributed by atoms with Gasteiger partial charge in [-0.1, -0.05) is 11.6 Å². The van der Waals surface area contributed by atoms with Crippen LogP contribution < -0.4 is 0 Å². The second-order valence-corrected chi connectivity index (χ2v) is 5.00. The number of halogens is 1. The predicted molar refractivity (Wildman–Crippen MR) is 69.9 cm³/mol. The number of pyridine rings is 1. The minimum Gasteiger partial charge on any atom is -0.377 e. The molecule has 0 aliphatic carbocycles. The molecule has 1 aromatic heterocycles. The van der Waals surface area contributed by atoms with Gasteiger partial charge >= 0.3 is 0 Å². The van der Waals surface area contributed by atoms with Crippen LogP contribution in [0, 0.1) is 6.92 Å². The van der Waals surface area contributed by atoms with Gasteiger partial charge < -0.3 is 9.64 Å². The number of nitrogens with zero attached hydrogens (tertiary/aromatic N) is 2. The van der Waals surface area contributed by atoms with Crippen molar-refractivity contribution in [3.63, 3.8) is 0 Å². The summed E-state index contributed by atoms with van der Waals surface area (Å²) >= 11 is 6.10. The molecule has 2 rings (SSSR count). The zero-order chi connectivity index (χ0) is 13.1. The van der Waals surface area contributed by atoms with E-state index in [1.807, 2.05) is 13.8 Å². The van der Waals surface area contributed by atoms with E-state index in [0.29, 0.717) is 30.3 Å². The Balaban J connectivity index is 2.19. The first-order valence-corrected chi connectivity index (χ1v) is 6.48. The van der Waals surface area contributed by atoms with Crippen LogP contribution in [0.5, 0.6) is 0 Å². The summed E-state index contributed by atoms with van der Waals surface area (Å²) in [5.41, 5.74) is 1.28. The molecule has 1 saturated heterocycles. The third-order valence-electron chi connectivity index (χ3n) is 2.96. The van der Waals surface area contributed by atoms with Crippen LogP contribution in [-0.2, 0) is 4.74 Å². The molecule has 4 nitrogen and oxygen atoms in total. The third kappa shape index (κ3) is 3.00. The van der Waals surface area contributed by atoms with Gasteiger partial charge in [0.2, 0.25) is 0 Å². The van der Waals surface area contributed by atoms with Crippen molar-refractivity contribution in [2.24, 2.45) is 0 Å². The molecule has 18 heavy (non-hydrogen) atoms. The molecule has 0 aromatic carbocycles. The lowest BCUT2D eigenvalue weighted by molar-refractivity contribution is 0.0562. The second-order valence-electron chi connectivity index (χ2n) is 4.59. The standard InChI is InChI=1S/C13H17ClN2O2/c1-9-6-12(14)11(7-15-9)13(17)16-4-3-5-18-10(2)8-16/h6-7,10H,3-5,8H2,1-2H3. The first-order chi connectivity index (χ1) is 8.58. The molecule has 1 aliphatic heterocycles. The zero-order valence-corrected chi connectivity index (χ0v) is 11.4. The number of hydrogen-bond donors (Lipinski definition) is 0. The third-order valence-corrected chi connectivity index (χ3v) is 3.27. The van der Waals surface area contributed by atoms with Gasteiger partial charge in [0.15, 0.2) is 0 Å². The average Bonchev–Trinajstić information content (AvgIpc) is 2.53. The van der Waals surface area contributed by atoms with Crippen molar-refractivity contribution in [2.45, 2.75) is 26.4 Å². The highest BCUT2D eigenvalue weighted by Gasteiger charge is 2.22. The Bertz CT molecular complexity index is 451. The van der Waals surface area contributed by atoms with E-state index in [1.165, 1.54) is 0 Å². The smallest absolute Gasteiger partial charge is 0.257 e. The van der Waals surface area contributed by atoms with E-state index in [1.54, 1.807) is 17.2 Å². The van der Waals surface area contributed by atoms with Crippen molar-refractivity contribution < 1.29 is 9.53 Å². The molecule has 2 heterocycles. The minimum absolute atomic E-state index is 0.0635. The van der Waals surface area contributed by atoms with Gasteiger partial charge in [-0.2, -0.15) is 0 Å². The molecule has 0 N–H and O–H groups in total. The van der Waals surface area contributed by atoms with E-state index in [9.17, 15) is 4.79 Å². The van der Waals surface area contributed by atoms with Crippen LogP contribution in [0.15, 0.2) is 12.3 Å². The molecule has 1 aliphatic rings. The first-order valence-electron chi connectivity index (χ1n) is 6.11. The van der Waals surface area contributed by atoms with Gasteiger partial charge in [-0.15, -0.1) is 0 Å². The second kappa shape index (κ2) is 5.67. The van der Waals surface area contributed by atoms with E-state index in [0.717, 1.165) is 12.1 Å². The largest absolute Gasteiger partial charge is 0.377 e. The Morgan fingerprint density at radius 1 is 1.61 bits per heavy atom. The summed E-state index contributed by atoms with van der Waals surface area (Å²) in [4.78, 5) is 18.3. The lowest BCUT2D eigenvalue weighted by Crippen LogP contribution is -2.36. The summed E-state index contributed by atoms with van der Waals surface area (Å²) in [5, 5.41) is 0.463. The lowest BCUT2D eigenvalue weighted by atomic mass is 10.2. The normalized spacial score (nSPS) is 20.6. The number of aromatic nitrogens is 1. The van der Waals surface area contributed by atoms with Crippen LogP contribution in [0.1, 0.15) is 29.4 Å². The molecule has 0 spiro atoms. The van der Waals surface area contributed by atoms with Gasteiger partial charge in [0, 0.05) is 31.6 Å². The van der Waals surface area contributed by atoms with E-state index in [2.05, 4.69) is 4.98 Å². The number of carbonyl (C=O) groups excluding carboxylic acids is 1. The molecular formula is C13H17ClN2O2. The van der Waals surface area contributed by atoms with Gasteiger partial charge in [-0.05, 0) is 26.3 Å². The molecule has 0 saturated carbocycles. The number of ether oxygens (including phenoxy) is 1. The fraction of sp³-hybridized carbons (Fsp3) is 0.538. The Morgan fingerprint density at radius 3 is 3.11 bits per heavy atom. The van der Waals surface area contributed by atoms with Crippen LogP contribution in [-0.4, -0.2) is 41.6 Å². The summed E-state index contributed by atoms with van der Waals surface area (Å²) in [5.74, 6) is -0.0650. The van der Waals surface area contributed by atoms with E-state index >= 15 is 0 Å². The molecule has 1 amide bonds. The molecule has 1 aromatic rings. The summed E-state index contributed by atoms with van der Waals surface area (Å²) in [6, 6.07) is 1.71. The molecule has 1 unspecified atom stereocenters. The highest BCUT2D eigenvalue weighted by Crippen LogP contribution is 2.19. The summed E-state index contributed by atoms with van der Waals surface area (Å²) < 4.78 is 5.53. The number of amides is 1. The molecule has 0 bridgehead atoms. The summed E-state index contributed by atoms with van der Waals surface area (Å²) in [6.07, 6.45) is 2.47. The van der Waals surface area contributed by atoms with E-state index in [-0.39, 0.29) is 12.0 Å². The van der Waals surface area contributed by atoms with Crippen molar-refractivity contribution in [3.8, 4) is 0 Å². The Hall–Kier alpha value is -1.13. The monoisotopic (exact) mass is 268 g/mol. The Labute approximate surface area is 112 Å². The Morgan fingerprint density at radius 2 is 2.39 bits per heavy atom. The predicted octanol–water partition coefficient (Wildman–Crippen LogP) is 2.29. The average molecular weight is 269 g/mol. The molecule has 1 fully saturated rings. The van der Waals surface area contributed by atoms with Crippen LogP contribution >= 0.6 is 11.6 Å². The maximum Gasteiger partial charge on any atom is 0.257 e. The molecule has 1 atom stereocenters. The van der Waals surface area contributed by atoms with Gasteiger partial charge in [0.25, 0.3) is 5.91 Å². The molecular weight excluding hydrogens is 252 g/mol. The van der Waals surface area contributed by atoms with Gasteiger partial charge in [0.05, 0.1) is 16.7 Å². The SMILES string of the molecule is Cc1cc(Cl)c(C(=O)N2CCCOC(C)C2)cn1. The number of hydrogen-bond acceptors (Lipinski definition) is 3. The van der Waals surface area contributed by atoms with Gasteiger partial charge in [0.1, 0.15) is 0 Å².